The van der Waals surface area contributed by atoms with E-state index in [4.69, 9.17) is 10.2 Å². The fraction of sp³-hybridized carbons (Fsp3) is 0.182. The maximum atomic E-state index is 12.9. The Labute approximate surface area is 116 Å². The zero-order valence-electron chi connectivity index (χ0n) is 10.3. The van der Waals surface area contributed by atoms with Gasteiger partial charge in [-0.3, -0.25) is 19.7 Å². The molecule has 0 saturated heterocycles. The second-order valence-electron chi connectivity index (χ2n) is 3.88. The van der Waals surface area contributed by atoms with Gasteiger partial charge in [0.05, 0.1) is 17.4 Å². The molecule has 1 unspecified atom stereocenters. The molecule has 3 N–H and O–H groups in total. The Kier molecular flexibility index (Phi) is 4.89. The Balaban J connectivity index is 3.05. The van der Waals surface area contributed by atoms with E-state index in [1.807, 2.05) is 5.32 Å². The molecule has 1 aromatic rings. The minimum Gasteiger partial charge on any atom is -0.481 e. The summed E-state index contributed by atoms with van der Waals surface area (Å²) < 4.78 is 12.9. The van der Waals surface area contributed by atoms with Crippen LogP contribution in [0.3, 0.4) is 0 Å². The van der Waals surface area contributed by atoms with Crippen LogP contribution in [0.5, 0.6) is 0 Å². The summed E-state index contributed by atoms with van der Waals surface area (Å²) in [5, 5.41) is 29.8. The van der Waals surface area contributed by atoms with Crippen molar-refractivity contribution in [1.82, 2.24) is 5.32 Å². The number of nitrogens with zero attached hydrogens (tertiary/aromatic N) is 1. The minimum absolute atomic E-state index is 0.502. The summed E-state index contributed by atoms with van der Waals surface area (Å²) in [6, 6.07) is 0.332. The van der Waals surface area contributed by atoms with Gasteiger partial charge in [0.2, 0.25) is 0 Å². The van der Waals surface area contributed by atoms with Gasteiger partial charge < -0.3 is 15.5 Å². The number of nitro groups is 1. The van der Waals surface area contributed by atoms with Gasteiger partial charge in [0.25, 0.3) is 11.6 Å². The molecule has 0 saturated carbocycles. The largest absolute Gasteiger partial charge is 0.481 e. The molecular weight excluding hydrogens is 291 g/mol. The zero-order chi connectivity index (χ0) is 16.2. The van der Waals surface area contributed by atoms with Crippen LogP contribution < -0.4 is 5.32 Å². The summed E-state index contributed by atoms with van der Waals surface area (Å²) >= 11 is 0. The van der Waals surface area contributed by atoms with Gasteiger partial charge in [-0.05, 0) is 12.1 Å². The first-order chi connectivity index (χ1) is 9.72. The number of rotatable bonds is 6. The Bertz CT molecular complexity index is 617. The molecule has 0 aliphatic heterocycles. The van der Waals surface area contributed by atoms with Crippen LogP contribution in [0.15, 0.2) is 18.2 Å². The predicted molar refractivity (Wildman–Crippen MR) is 64.2 cm³/mol. The number of benzene rings is 1. The molecule has 0 aliphatic carbocycles. The predicted octanol–water partition coefficient (Wildman–Crippen LogP) is 0.392. The number of carbonyl (C=O) groups excluding carboxylic acids is 1. The molecule has 1 aromatic carbocycles. The lowest BCUT2D eigenvalue weighted by molar-refractivity contribution is -0.385. The highest BCUT2D eigenvalue weighted by molar-refractivity contribution is 6.00. The monoisotopic (exact) mass is 300 g/mol. The third-order valence-electron chi connectivity index (χ3n) is 2.38. The molecule has 1 rings (SSSR count). The van der Waals surface area contributed by atoms with Gasteiger partial charge in [0.1, 0.15) is 17.4 Å². The number of hydrogen-bond acceptors (Lipinski definition) is 5. The lowest BCUT2D eigenvalue weighted by atomic mass is 10.1. The highest BCUT2D eigenvalue weighted by Gasteiger charge is 2.27. The van der Waals surface area contributed by atoms with Crippen molar-refractivity contribution in [2.45, 2.75) is 12.5 Å². The van der Waals surface area contributed by atoms with Crippen molar-refractivity contribution in [1.29, 1.82) is 0 Å². The summed E-state index contributed by atoms with van der Waals surface area (Å²) in [6.07, 6.45) is -0.907. The average molecular weight is 300 g/mol. The molecule has 0 bridgehead atoms. The Morgan fingerprint density at radius 3 is 2.43 bits per heavy atom. The summed E-state index contributed by atoms with van der Waals surface area (Å²) in [4.78, 5) is 42.8. The minimum atomic E-state index is -1.76. The molecule has 112 valence electrons. The number of carboxylic acid groups (broad SMARTS) is 2. The number of amides is 1. The highest BCUT2D eigenvalue weighted by Crippen LogP contribution is 2.19. The van der Waals surface area contributed by atoms with Crippen molar-refractivity contribution in [2.24, 2.45) is 0 Å². The van der Waals surface area contributed by atoms with Gasteiger partial charge in [-0.15, -0.1) is 0 Å². The van der Waals surface area contributed by atoms with E-state index < -0.39 is 52.3 Å². The number of hydrogen-bond donors (Lipinski definition) is 3. The van der Waals surface area contributed by atoms with Gasteiger partial charge in [-0.1, -0.05) is 0 Å². The van der Waals surface area contributed by atoms with Crippen molar-refractivity contribution in [3.8, 4) is 0 Å². The summed E-state index contributed by atoms with van der Waals surface area (Å²) in [6.45, 7) is 0. The highest BCUT2D eigenvalue weighted by atomic mass is 19.1. The molecular formula is C11H9FN2O7. The van der Waals surface area contributed by atoms with Gasteiger partial charge >= 0.3 is 11.9 Å². The fourth-order valence-corrected chi connectivity index (χ4v) is 1.46. The van der Waals surface area contributed by atoms with Crippen LogP contribution in [-0.2, 0) is 9.59 Å². The molecule has 0 fully saturated rings. The van der Waals surface area contributed by atoms with E-state index in [9.17, 15) is 28.9 Å². The zero-order valence-corrected chi connectivity index (χ0v) is 10.3. The van der Waals surface area contributed by atoms with Gasteiger partial charge in [0, 0.05) is 0 Å². The smallest absolute Gasteiger partial charge is 0.326 e. The Morgan fingerprint density at radius 2 is 1.95 bits per heavy atom. The van der Waals surface area contributed by atoms with E-state index in [-0.39, 0.29) is 0 Å². The second kappa shape index (κ2) is 6.41. The third kappa shape index (κ3) is 4.23. The van der Waals surface area contributed by atoms with Gasteiger partial charge in [-0.25, -0.2) is 9.18 Å². The van der Waals surface area contributed by atoms with Crippen LogP contribution in [0.4, 0.5) is 10.1 Å². The molecule has 0 aromatic heterocycles. The first-order valence-electron chi connectivity index (χ1n) is 5.41. The molecule has 21 heavy (non-hydrogen) atoms. The maximum absolute atomic E-state index is 12.9. The molecule has 0 spiro atoms. The summed E-state index contributed by atoms with van der Waals surface area (Å²) in [7, 11) is 0. The van der Waals surface area contributed by atoms with Crippen molar-refractivity contribution < 1.29 is 33.9 Å². The van der Waals surface area contributed by atoms with Crippen molar-refractivity contribution in [3.05, 3.63) is 39.7 Å². The van der Waals surface area contributed by atoms with Crippen LogP contribution in [-0.4, -0.2) is 39.0 Å². The number of nitro benzene ring substituents is 1. The van der Waals surface area contributed by atoms with Gasteiger partial charge in [0.15, 0.2) is 0 Å². The molecule has 1 amide bonds. The number of halogens is 1. The van der Waals surface area contributed by atoms with E-state index in [0.717, 1.165) is 12.1 Å². The van der Waals surface area contributed by atoms with Gasteiger partial charge in [-0.2, -0.15) is 0 Å². The van der Waals surface area contributed by atoms with E-state index in [0.29, 0.717) is 6.07 Å². The quantitative estimate of drug-likeness (QED) is 0.508. The number of aliphatic carboxylic acids is 2. The normalized spacial score (nSPS) is 11.5. The van der Waals surface area contributed by atoms with Crippen LogP contribution in [0.2, 0.25) is 0 Å². The lowest BCUT2D eigenvalue weighted by Crippen LogP contribution is -2.42. The van der Waals surface area contributed by atoms with Crippen LogP contribution in [0.1, 0.15) is 16.8 Å². The van der Waals surface area contributed by atoms with Crippen molar-refractivity contribution >= 4 is 23.5 Å². The summed E-state index contributed by atoms with van der Waals surface area (Å²) in [5.41, 5.74) is -1.43. The summed E-state index contributed by atoms with van der Waals surface area (Å²) in [5.74, 6) is -5.22. The first-order valence-corrected chi connectivity index (χ1v) is 5.41. The SMILES string of the molecule is O=C(O)CC(NC(=O)c1ccc(F)cc1[N+](=O)[O-])C(=O)O. The second-order valence-corrected chi connectivity index (χ2v) is 3.88. The average Bonchev–Trinajstić information content (AvgIpc) is 2.36. The van der Waals surface area contributed by atoms with Crippen molar-refractivity contribution in [3.63, 3.8) is 0 Å². The van der Waals surface area contributed by atoms with Crippen LogP contribution in [0.25, 0.3) is 0 Å². The number of carboxylic acids is 2. The van der Waals surface area contributed by atoms with E-state index in [1.54, 1.807) is 0 Å². The molecule has 9 nitrogen and oxygen atoms in total. The van der Waals surface area contributed by atoms with Crippen molar-refractivity contribution in [2.75, 3.05) is 0 Å². The van der Waals surface area contributed by atoms with Crippen LogP contribution >= 0.6 is 0 Å². The molecule has 1 atom stereocenters. The topological polar surface area (TPSA) is 147 Å². The number of nitrogens with one attached hydrogen (secondary N) is 1. The van der Waals surface area contributed by atoms with E-state index in [1.165, 1.54) is 0 Å². The molecule has 0 heterocycles. The molecule has 0 aliphatic rings. The maximum Gasteiger partial charge on any atom is 0.326 e. The van der Waals surface area contributed by atoms with E-state index in [2.05, 4.69) is 0 Å². The molecule has 0 radical (unpaired) electrons. The lowest BCUT2D eigenvalue weighted by Gasteiger charge is -2.12. The fourth-order valence-electron chi connectivity index (χ4n) is 1.46. The third-order valence-corrected chi connectivity index (χ3v) is 2.38. The molecule has 10 heteroatoms. The Morgan fingerprint density at radius 1 is 1.33 bits per heavy atom. The number of carbonyl (C=O) groups is 3. The van der Waals surface area contributed by atoms with Crippen LogP contribution in [0, 0.1) is 15.9 Å². The Hall–Kier alpha value is -3.04. The van der Waals surface area contributed by atoms with E-state index >= 15 is 0 Å². The standard InChI is InChI=1S/C11H9FN2O7/c12-5-1-2-6(8(3-5)14(20)21)10(17)13-7(11(18)19)4-9(15)16/h1-3,7H,4H2,(H,13,17)(H,15,16)(H,18,19). The first kappa shape index (κ1) is 16.0.